The first-order chi connectivity index (χ1) is 8.47. The molecule has 2 rings (SSSR count). The molecule has 1 aromatic carbocycles. The van der Waals surface area contributed by atoms with Gasteiger partial charge in [-0.15, -0.1) is 0 Å². The van der Waals surface area contributed by atoms with Crippen LogP contribution in [0.25, 0.3) is 0 Å². The van der Waals surface area contributed by atoms with Gasteiger partial charge in [-0.1, -0.05) is 11.6 Å². The predicted octanol–water partition coefficient (Wildman–Crippen LogP) is 4.33. The van der Waals surface area contributed by atoms with Crippen LogP contribution in [-0.4, -0.2) is 9.97 Å². The summed E-state index contributed by atoms with van der Waals surface area (Å²) in [5, 5.41) is 0.581. The van der Waals surface area contributed by atoms with E-state index in [1.165, 1.54) is 0 Å². The van der Waals surface area contributed by atoms with Crippen LogP contribution in [0.4, 0.5) is 4.39 Å². The molecule has 0 amide bonds. The average Bonchev–Trinajstić information content (AvgIpc) is 2.31. The maximum absolute atomic E-state index is 13.4. The number of ether oxygens (including phenoxy) is 1. The van der Waals surface area contributed by atoms with Gasteiger partial charge in [0.2, 0.25) is 11.1 Å². The topological polar surface area (TPSA) is 35.0 Å². The Hall–Kier alpha value is -1.39. The average molecular weight is 287 g/mol. The Bertz CT molecular complexity index is 582. The molecular formula is C12H9Cl2FN2O. The Morgan fingerprint density at radius 1 is 1.17 bits per heavy atom. The number of rotatable bonds is 2. The monoisotopic (exact) mass is 286 g/mol. The minimum absolute atomic E-state index is 0.0752. The van der Waals surface area contributed by atoms with Crippen LogP contribution in [0.2, 0.25) is 10.3 Å². The number of halogens is 3. The fourth-order valence-electron chi connectivity index (χ4n) is 1.48. The van der Waals surface area contributed by atoms with Crippen LogP contribution in [0, 0.1) is 19.7 Å². The van der Waals surface area contributed by atoms with E-state index in [2.05, 4.69) is 9.97 Å². The summed E-state index contributed by atoms with van der Waals surface area (Å²) in [5.74, 6) is -0.441. The Kier molecular flexibility index (Phi) is 3.68. The van der Waals surface area contributed by atoms with Crippen molar-refractivity contribution in [3.05, 3.63) is 45.6 Å². The molecule has 94 valence electrons. The first kappa shape index (κ1) is 13.1. The Balaban J connectivity index is 2.37. The van der Waals surface area contributed by atoms with E-state index in [0.717, 1.165) is 17.3 Å². The van der Waals surface area contributed by atoms with Gasteiger partial charge in [0.1, 0.15) is 5.75 Å². The summed E-state index contributed by atoms with van der Waals surface area (Å²) in [6.45, 7) is 3.68. The second kappa shape index (κ2) is 5.08. The third-order valence-corrected chi connectivity index (χ3v) is 3.09. The fourth-order valence-corrected chi connectivity index (χ4v) is 1.71. The zero-order valence-electron chi connectivity index (χ0n) is 9.67. The van der Waals surface area contributed by atoms with Gasteiger partial charge in [0.25, 0.3) is 5.88 Å². The molecule has 0 bridgehead atoms. The number of benzene rings is 1. The van der Waals surface area contributed by atoms with Gasteiger partial charge in [-0.25, -0.2) is 4.98 Å². The summed E-state index contributed by atoms with van der Waals surface area (Å²) in [7, 11) is 0. The lowest BCUT2D eigenvalue weighted by Gasteiger charge is -2.09. The van der Waals surface area contributed by atoms with E-state index < -0.39 is 5.82 Å². The molecule has 6 heteroatoms. The zero-order valence-corrected chi connectivity index (χ0v) is 11.2. The highest BCUT2D eigenvalue weighted by atomic mass is 35.5. The van der Waals surface area contributed by atoms with Crippen LogP contribution in [0.15, 0.2) is 18.3 Å². The molecule has 0 aliphatic heterocycles. The van der Waals surface area contributed by atoms with E-state index in [1.54, 1.807) is 12.1 Å². The van der Waals surface area contributed by atoms with Crippen LogP contribution in [0.3, 0.4) is 0 Å². The van der Waals surface area contributed by atoms with Crippen molar-refractivity contribution in [2.75, 3.05) is 0 Å². The predicted molar refractivity (Wildman–Crippen MR) is 68.0 cm³/mol. The molecule has 0 aliphatic rings. The molecule has 0 N–H and O–H groups in total. The molecule has 0 spiro atoms. The first-order valence-electron chi connectivity index (χ1n) is 5.10. The van der Waals surface area contributed by atoms with Gasteiger partial charge in [-0.2, -0.15) is 9.37 Å². The van der Waals surface area contributed by atoms with Crippen molar-refractivity contribution in [2.45, 2.75) is 13.8 Å². The molecule has 0 unspecified atom stereocenters. The highest BCUT2D eigenvalue weighted by molar-refractivity contribution is 6.32. The summed E-state index contributed by atoms with van der Waals surface area (Å²) in [6.07, 6.45) is 0.959. The summed E-state index contributed by atoms with van der Waals surface area (Å²) < 4.78 is 18.7. The number of hydrogen-bond donors (Lipinski definition) is 0. The van der Waals surface area contributed by atoms with Gasteiger partial charge in [0.15, 0.2) is 0 Å². The van der Waals surface area contributed by atoms with Crippen molar-refractivity contribution in [2.24, 2.45) is 0 Å². The maximum Gasteiger partial charge on any atom is 0.260 e. The standard InChI is InChI=1S/C12H9Cl2FN2O/c1-6-3-8(4-7(2)10(6)13)18-11-9(15)5-16-12(14)17-11/h3-5H,1-2H3. The normalized spacial score (nSPS) is 10.5. The summed E-state index contributed by atoms with van der Waals surface area (Å²) in [5.41, 5.74) is 1.68. The molecular weight excluding hydrogens is 278 g/mol. The van der Waals surface area contributed by atoms with E-state index >= 15 is 0 Å². The smallest absolute Gasteiger partial charge is 0.260 e. The van der Waals surface area contributed by atoms with Gasteiger partial charge in [0, 0.05) is 5.02 Å². The van der Waals surface area contributed by atoms with Crippen molar-refractivity contribution in [3.63, 3.8) is 0 Å². The number of hydrogen-bond acceptors (Lipinski definition) is 3. The number of aryl methyl sites for hydroxylation is 2. The Morgan fingerprint density at radius 2 is 1.78 bits per heavy atom. The summed E-state index contributed by atoms with van der Waals surface area (Å²) >= 11 is 11.6. The minimum Gasteiger partial charge on any atom is -0.436 e. The third-order valence-electron chi connectivity index (χ3n) is 2.31. The number of aromatic nitrogens is 2. The zero-order chi connectivity index (χ0) is 13.3. The van der Waals surface area contributed by atoms with Crippen molar-refractivity contribution in [1.82, 2.24) is 9.97 Å². The fraction of sp³-hybridized carbons (Fsp3) is 0.167. The second-order valence-corrected chi connectivity index (χ2v) is 4.48. The van der Waals surface area contributed by atoms with Crippen LogP contribution >= 0.6 is 23.2 Å². The first-order valence-corrected chi connectivity index (χ1v) is 5.85. The van der Waals surface area contributed by atoms with Crippen LogP contribution in [-0.2, 0) is 0 Å². The molecule has 0 aliphatic carbocycles. The lowest BCUT2D eigenvalue weighted by Crippen LogP contribution is -1.95. The van der Waals surface area contributed by atoms with E-state index in [1.807, 2.05) is 13.8 Å². The van der Waals surface area contributed by atoms with Gasteiger partial charge in [-0.3, -0.25) is 0 Å². The van der Waals surface area contributed by atoms with Crippen LogP contribution < -0.4 is 4.74 Å². The molecule has 0 fully saturated rings. The number of nitrogens with zero attached hydrogens (tertiary/aromatic N) is 2. The van der Waals surface area contributed by atoms with E-state index in [9.17, 15) is 4.39 Å². The van der Waals surface area contributed by atoms with Gasteiger partial charge in [-0.05, 0) is 48.7 Å². The van der Waals surface area contributed by atoms with E-state index in [4.69, 9.17) is 27.9 Å². The van der Waals surface area contributed by atoms with E-state index in [0.29, 0.717) is 10.8 Å². The SMILES string of the molecule is Cc1cc(Oc2nc(Cl)ncc2F)cc(C)c1Cl. The van der Waals surface area contributed by atoms with Crippen molar-refractivity contribution in [1.29, 1.82) is 0 Å². The summed E-state index contributed by atoms with van der Waals surface area (Å²) in [6, 6.07) is 3.40. The molecule has 0 atom stereocenters. The van der Waals surface area contributed by atoms with Crippen LogP contribution in [0.1, 0.15) is 11.1 Å². The third kappa shape index (κ3) is 2.71. The van der Waals surface area contributed by atoms with E-state index in [-0.39, 0.29) is 11.2 Å². The largest absolute Gasteiger partial charge is 0.436 e. The molecule has 1 heterocycles. The van der Waals surface area contributed by atoms with Gasteiger partial charge in [0.05, 0.1) is 6.20 Å². The highest BCUT2D eigenvalue weighted by Gasteiger charge is 2.10. The van der Waals surface area contributed by atoms with Gasteiger partial charge >= 0.3 is 0 Å². The Labute approximate surface area is 114 Å². The van der Waals surface area contributed by atoms with Crippen LogP contribution in [0.5, 0.6) is 11.6 Å². The lowest BCUT2D eigenvalue weighted by atomic mass is 10.1. The highest BCUT2D eigenvalue weighted by Crippen LogP contribution is 2.29. The lowest BCUT2D eigenvalue weighted by molar-refractivity contribution is 0.419. The molecule has 18 heavy (non-hydrogen) atoms. The molecule has 1 aromatic heterocycles. The van der Waals surface area contributed by atoms with Crippen molar-refractivity contribution >= 4 is 23.2 Å². The molecule has 3 nitrogen and oxygen atoms in total. The van der Waals surface area contributed by atoms with Crippen molar-refractivity contribution in [3.8, 4) is 11.6 Å². The summed E-state index contributed by atoms with van der Waals surface area (Å²) in [4.78, 5) is 7.18. The second-order valence-electron chi connectivity index (χ2n) is 3.77. The quantitative estimate of drug-likeness (QED) is 0.771. The molecule has 0 saturated carbocycles. The Morgan fingerprint density at radius 3 is 2.39 bits per heavy atom. The minimum atomic E-state index is -0.676. The van der Waals surface area contributed by atoms with Crippen molar-refractivity contribution < 1.29 is 9.13 Å². The maximum atomic E-state index is 13.4. The molecule has 0 saturated heterocycles. The van der Waals surface area contributed by atoms with Gasteiger partial charge < -0.3 is 4.74 Å². The molecule has 0 radical (unpaired) electrons. The molecule has 2 aromatic rings.